The molecule has 1 aliphatic heterocycles. The summed E-state index contributed by atoms with van der Waals surface area (Å²) >= 11 is 0. The molecule has 2 fully saturated rings. The van der Waals surface area contributed by atoms with Crippen molar-refractivity contribution < 1.29 is 17.7 Å². The Hall–Kier alpha value is -1.41. The molecule has 1 saturated heterocycles. The maximum atomic E-state index is 13.1. The number of nitrogens with zero attached hydrogens (tertiary/aromatic N) is 2. The average Bonchev–Trinajstić information content (AvgIpc) is 3.17. The fourth-order valence-electron chi connectivity index (χ4n) is 4.06. The van der Waals surface area contributed by atoms with Crippen molar-refractivity contribution in [3.63, 3.8) is 0 Å². The van der Waals surface area contributed by atoms with Crippen LogP contribution in [0.1, 0.15) is 56.9 Å². The molecule has 3 atom stereocenters. The summed E-state index contributed by atoms with van der Waals surface area (Å²) in [5, 5.41) is 6.85. The molecule has 0 unspecified atom stereocenters. The van der Waals surface area contributed by atoms with Crippen LogP contribution in [0.4, 0.5) is 0 Å². The predicted molar refractivity (Wildman–Crippen MR) is 92.5 cm³/mol. The van der Waals surface area contributed by atoms with Crippen molar-refractivity contribution >= 4 is 15.9 Å². The molecule has 1 aromatic heterocycles. The topological polar surface area (TPSA) is 92.5 Å². The summed E-state index contributed by atoms with van der Waals surface area (Å²) in [5.41, 5.74) is 0.337. The Bertz CT molecular complexity index is 724. The van der Waals surface area contributed by atoms with Crippen LogP contribution >= 0.6 is 0 Å². The van der Waals surface area contributed by atoms with Gasteiger partial charge in [0.05, 0.1) is 0 Å². The van der Waals surface area contributed by atoms with Gasteiger partial charge in [0.15, 0.2) is 5.76 Å². The van der Waals surface area contributed by atoms with Crippen LogP contribution in [0.3, 0.4) is 0 Å². The lowest BCUT2D eigenvalue weighted by Crippen LogP contribution is -2.50. The zero-order valence-electron chi connectivity index (χ0n) is 15.1. The normalized spacial score (nSPS) is 28.2. The molecule has 25 heavy (non-hydrogen) atoms. The van der Waals surface area contributed by atoms with Crippen molar-refractivity contribution in [3.05, 3.63) is 11.5 Å². The highest BCUT2D eigenvalue weighted by Crippen LogP contribution is 2.30. The molecule has 7 nitrogen and oxygen atoms in total. The molecule has 2 heterocycles. The zero-order chi connectivity index (χ0) is 18.2. The Morgan fingerprint density at radius 3 is 2.56 bits per heavy atom. The lowest BCUT2D eigenvalue weighted by Gasteiger charge is -2.31. The number of sulfonamides is 1. The molecule has 0 spiro atoms. The summed E-state index contributed by atoms with van der Waals surface area (Å²) in [6.45, 7) is 5.70. The van der Waals surface area contributed by atoms with E-state index in [-0.39, 0.29) is 22.6 Å². The monoisotopic (exact) mass is 369 g/mol. The molecule has 1 aromatic rings. The van der Waals surface area contributed by atoms with Crippen molar-refractivity contribution in [2.75, 3.05) is 6.54 Å². The van der Waals surface area contributed by atoms with Crippen molar-refractivity contribution in [1.29, 1.82) is 0 Å². The van der Waals surface area contributed by atoms with Gasteiger partial charge in [0.25, 0.3) is 0 Å². The molecule has 1 N–H and O–H groups in total. The lowest BCUT2D eigenvalue weighted by atomic mass is 9.86. The van der Waals surface area contributed by atoms with Crippen LogP contribution in [0, 0.1) is 19.8 Å². The third-order valence-corrected chi connectivity index (χ3v) is 7.63. The summed E-state index contributed by atoms with van der Waals surface area (Å²) in [5.74, 6) is 0.530. The molecule has 1 aliphatic carbocycles. The van der Waals surface area contributed by atoms with Gasteiger partial charge in [-0.25, -0.2) is 8.42 Å². The van der Waals surface area contributed by atoms with Crippen molar-refractivity contribution in [2.24, 2.45) is 5.92 Å². The van der Waals surface area contributed by atoms with E-state index >= 15 is 0 Å². The Kier molecular flexibility index (Phi) is 5.20. The maximum absolute atomic E-state index is 13.1. The number of carbonyl (C=O) groups excluding carboxylic acids is 1. The van der Waals surface area contributed by atoms with Gasteiger partial charge in [-0.3, -0.25) is 4.79 Å². The van der Waals surface area contributed by atoms with Gasteiger partial charge in [0.2, 0.25) is 15.9 Å². The summed E-state index contributed by atoms with van der Waals surface area (Å²) in [6.07, 6.45) is 5.62. The third-order valence-electron chi connectivity index (χ3n) is 5.48. The highest BCUT2D eigenvalue weighted by Gasteiger charge is 2.42. The molecule has 0 radical (unpaired) electrons. The van der Waals surface area contributed by atoms with E-state index in [2.05, 4.69) is 17.4 Å². The largest absolute Gasteiger partial charge is 0.360 e. The number of carbonyl (C=O) groups is 1. The van der Waals surface area contributed by atoms with Crippen LogP contribution in [0.2, 0.25) is 0 Å². The van der Waals surface area contributed by atoms with Gasteiger partial charge in [0, 0.05) is 12.6 Å². The minimum atomic E-state index is -3.79. The number of rotatable bonds is 4. The first-order valence-corrected chi connectivity index (χ1v) is 10.5. The third kappa shape index (κ3) is 3.46. The summed E-state index contributed by atoms with van der Waals surface area (Å²) in [6, 6.07) is -0.502. The summed E-state index contributed by atoms with van der Waals surface area (Å²) in [4.78, 5) is 12.9. The second-order valence-corrected chi connectivity index (χ2v) is 9.13. The number of hydrogen-bond donors (Lipinski definition) is 1. The van der Waals surface area contributed by atoms with Crippen LogP contribution < -0.4 is 5.32 Å². The van der Waals surface area contributed by atoms with Gasteiger partial charge in [-0.1, -0.05) is 24.9 Å². The number of hydrogen-bond acceptors (Lipinski definition) is 5. The Morgan fingerprint density at radius 2 is 1.92 bits per heavy atom. The number of nitrogens with one attached hydrogen (secondary N) is 1. The van der Waals surface area contributed by atoms with Crippen LogP contribution in [0.25, 0.3) is 0 Å². The smallest absolute Gasteiger partial charge is 0.249 e. The number of aryl methyl sites for hydroxylation is 2. The van der Waals surface area contributed by atoms with Gasteiger partial charge in [0.1, 0.15) is 16.6 Å². The van der Waals surface area contributed by atoms with Crippen molar-refractivity contribution in [1.82, 2.24) is 14.8 Å². The van der Waals surface area contributed by atoms with E-state index in [4.69, 9.17) is 4.52 Å². The molecule has 140 valence electrons. The molecule has 0 aromatic carbocycles. The Labute approximate surface area is 149 Å². The van der Waals surface area contributed by atoms with E-state index in [1.54, 1.807) is 13.8 Å². The van der Waals surface area contributed by atoms with Crippen LogP contribution in [-0.4, -0.2) is 42.4 Å². The Morgan fingerprint density at radius 1 is 1.20 bits per heavy atom. The Balaban J connectivity index is 1.79. The molecule has 1 amide bonds. The highest BCUT2D eigenvalue weighted by molar-refractivity contribution is 7.89. The van der Waals surface area contributed by atoms with E-state index < -0.39 is 16.1 Å². The summed E-state index contributed by atoms with van der Waals surface area (Å²) in [7, 11) is -3.79. The standard InChI is InChI=1S/C17H27N3O4S/c1-11-7-4-5-8-14(11)18-17(21)15-9-6-10-20(15)25(22,23)16-12(2)19-24-13(16)3/h11,14-15H,4-10H2,1-3H3,(H,18,21)/t11-,14-,15+/m0/s1. The predicted octanol–water partition coefficient (Wildman–Crippen LogP) is 2.14. The van der Waals surface area contributed by atoms with E-state index in [0.29, 0.717) is 31.0 Å². The average molecular weight is 369 g/mol. The van der Waals surface area contributed by atoms with Gasteiger partial charge < -0.3 is 9.84 Å². The molecular weight excluding hydrogens is 342 g/mol. The van der Waals surface area contributed by atoms with Gasteiger partial charge in [-0.15, -0.1) is 0 Å². The molecule has 8 heteroatoms. The molecule has 2 aliphatic rings. The van der Waals surface area contributed by atoms with Crippen molar-refractivity contribution in [2.45, 2.75) is 76.3 Å². The van der Waals surface area contributed by atoms with Crippen molar-refractivity contribution in [3.8, 4) is 0 Å². The molecule has 0 bridgehead atoms. The fraction of sp³-hybridized carbons (Fsp3) is 0.765. The minimum Gasteiger partial charge on any atom is -0.360 e. The van der Waals surface area contributed by atoms with Gasteiger partial charge >= 0.3 is 0 Å². The molecule has 1 saturated carbocycles. The summed E-state index contributed by atoms with van der Waals surface area (Å²) < 4.78 is 32.4. The second-order valence-electron chi connectivity index (χ2n) is 7.30. The van der Waals surface area contributed by atoms with E-state index in [9.17, 15) is 13.2 Å². The van der Waals surface area contributed by atoms with E-state index in [1.807, 2.05) is 0 Å². The fourth-order valence-corrected chi connectivity index (χ4v) is 6.01. The van der Waals surface area contributed by atoms with E-state index in [0.717, 1.165) is 19.3 Å². The molecule has 3 rings (SSSR count). The van der Waals surface area contributed by atoms with Crippen LogP contribution in [0.5, 0.6) is 0 Å². The minimum absolute atomic E-state index is 0.0956. The maximum Gasteiger partial charge on any atom is 0.249 e. The number of amides is 1. The van der Waals surface area contributed by atoms with Gasteiger partial charge in [-0.05, 0) is 45.4 Å². The second kappa shape index (κ2) is 7.07. The zero-order valence-corrected chi connectivity index (χ0v) is 15.9. The highest BCUT2D eigenvalue weighted by atomic mass is 32.2. The SMILES string of the molecule is Cc1noc(C)c1S(=O)(=O)N1CCC[C@@H]1C(=O)N[C@H]1CCCC[C@@H]1C. The number of aromatic nitrogens is 1. The first-order valence-electron chi connectivity index (χ1n) is 9.07. The van der Waals surface area contributed by atoms with E-state index in [1.165, 1.54) is 10.7 Å². The lowest BCUT2D eigenvalue weighted by molar-refractivity contribution is -0.125. The van der Waals surface area contributed by atoms with Crippen LogP contribution in [0.15, 0.2) is 9.42 Å². The first kappa shape index (κ1) is 18.4. The van der Waals surface area contributed by atoms with Gasteiger partial charge in [-0.2, -0.15) is 4.31 Å². The first-order chi connectivity index (χ1) is 11.8. The van der Waals surface area contributed by atoms with Crippen LogP contribution in [-0.2, 0) is 14.8 Å². The quantitative estimate of drug-likeness (QED) is 0.878. The molecular formula is C17H27N3O4S.